The van der Waals surface area contributed by atoms with Crippen LogP contribution in [0.2, 0.25) is 0 Å². The fraction of sp³-hybridized carbons (Fsp3) is 0.389. The second-order valence-corrected chi connectivity index (χ2v) is 5.74. The van der Waals surface area contributed by atoms with E-state index in [4.69, 9.17) is 0 Å². The highest BCUT2D eigenvalue weighted by Crippen LogP contribution is 2.04. The van der Waals surface area contributed by atoms with Crippen LogP contribution in [0.1, 0.15) is 19.4 Å². The Labute approximate surface area is 142 Å². The number of rotatable bonds is 9. The average Bonchev–Trinajstić information content (AvgIpc) is 2.56. The first-order valence-corrected chi connectivity index (χ1v) is 7.95. The molecule has 0 aliphatic rings. The smallest absolute Gasteiger partial charge is 0.243 e. The van der Waals surface area contributed by atoms with Crippen LogP contribution in [0.15, 0.2) is 43.0 Å². The van der Waals surface area contributed by atoms with Crippen molar-refractivity contribution in [3.63, 3.8) is 0 Å². The summed E-state index contributed by atoms with van der Waals surface area (Å²) < 4.78 is 0. The van der Waals surface area contributed by atoms with Crippen molar-refractivity contribution in [2.24, 2.45) is 5.92 Å². The number of hydrogen-bond acceptors (Lipinski definition) is 3. The maximum Gasteiger partial charge on any atom is 0.243 e. The standard InChI is InChI=1S/C18H25N3O3/c1-4-15(22)19-10-11-20-18(24)17(13(2)3)21-16(23)12-14-8-6-5-7-9-14/h4-9,13,17H,1,10-12H2,2-3H3,(H,19,22)(H,20,24)(H,21,23)/t17-/m1/s1. The zero-order valence-corrected chi connectivity index (χ0v) is 14.2. The molecule has 0 bridgehead atoms. The molecule has 6 heteroatoms. The lowest BCUT2D eigenvalue weighted by Gasteiger charge is -2.21. The van der Waals surface area contributed by atoms with Crippen molar-refractivity contribution in [3.8, 4) is 0 Å². The maximum atomic E-state index is 12.2. The summed E-state index contributed by atoms with van der Waals surface area (Å²) in [5.41, 5.74) is 0.894. The van der Waals surface area contributed by atoms with E-state index in [1.165, 1.54) is 6.08 Å². The van der Waals surface area contributed by atoms with Crippen molar-refractivity contribution < 1.29 is 14.4 Å². The van der Waals surface area contributed by atoms with Gasteiger partial charge in [-0.15, -0.1) is 0 Å². The highest BCUT2D eigenvalue weighted by molar-refractivity contribution is 5.89. The third-order valence-electron chi connectivity index (χ3n) is 3.38. The zero-order valence-electron chi connectivity index (χ0n) is 14.2. The van der Waals surface area contributed by atoms with E-state index in [9.17, 15) is 14.4 Å². The molecule has 3 amide bonds. The average molecular weight is 331 g/mol. The molecule has 1 atom stereocenters. The van der Waals surface area contributed by atoms with Gasteiger partial charge < -0.3 is 16.0 Å². The van der Waals surface area contributed by atoms with Crippen LogP contribution in [-0.2, 0) is 20.8 Å². The second kappa shape index (κ2) is 10.2. The van der Waals surface area contributed by atoms with E-state index >= 15 is 0 Å². The van der Waals surface area contributed by atoms with Gasteiger partial charge in [0.15, 0.2) is 0 Å². The van der Waals surface area contributed by atoms with Crippen LogP contribution in [0.25, 0.3) is 0 Å². The molecule has 0 spiro atoms. The predicted molar refractivity (Wildman–Crippen MR) is 93.1 cm³/mol. The maximum absolute atomic E-state index is 12.2. The zero-order chi connectivity index (χ0) is 17.9. The Balaban J connectivity index is 2.47. The van der Waals surface area contributed by atoms with Crippen LogP contribution in [0.3, 0.4) is 0 Å². The fourth-order valence-electron chi connectivity index (χ4n) is 2.09. The molecule has 0 fully saturated rings. The highest BCUT2D eigenvalue weighted by atomic mass is 16.2. The van der Waals surface area contributed by atoms with Gasteiger partial charge in [-0.2, -0.15) is 0 Å². The summed E-state index contributed by atoms with van der Waals surface area (Å²) in [7, 11) is 0. The Morgan fingerprint density at radius 3 is 2.29 bits per heavy atom. The van der Waals surface area contributed by atoms with Crippen LogP contribution in [0.4, 0.5) is 0 Å². The van der Waals surface area contributed by atoms with Gasteiger partial charge in [-0.05, 0) is 17.6 Å². The van der Waals surface area contributed by atoms with Crippen molar-refractivity contribution in [1.29, 1.82) is 0 Å². The minimum Gasteiger partial charge on any atom is -0.353 e. The third kappa shape index (κ3) is 7.09. The van der Waals surface area contributed by atoms with Crippen LogP contribution in [-0.4, -0.2) is 36.9 Å². The van der Waals surface area contributed by atoms with E-state index in [0.29, 0.717) is 6.54 Å². The number of carbonyl (C=O) groups is 3. The first kappa shape index (κ1) is 19.4. The van der Waals surface area contributed by atoms with Crippen molar-refractivity contribution in [2.45, 2.75) is 26.3 Å². The molecule has 0 saturated carbocycles. The number of carbonyl (C=O) groups excluding carboxylic acids is 3. The van der Waals surface area contributed by atoms with Crippen LogP contribution < -0.4 is 16.0 Å². The number of amides is 3. The van der Waals surface area contributed by atoms with Crippen molar-refractivity contribution in [3.05, 3.63) is 48.6 Å². The number of nitrogens with one attached hydrogen (secondary N) is 3. The minimum atomic E-state index is -0.615. The molecule has 1 rings (SSSR count). The lowest BCUT2D eigenvalue weighted by Crippen LogP contribution is -2.51. The molecule has 0 saturated heterocycles. The molecular weight excluding hydrogens is 306 g/mol. The van der Waals surface area contributed by atoms with Crippen LogP contribution in [0, 0.1) is 5.92 Å². The van der Waals surface area contributed by atoms with Gasteiger partial charge in [0.05, 0.1) is 6.42 Å². The van der Waals surface area contributed by atoms with Gasteiger partial charge in [0, 0.05) is 13.1 Å². The van der Waals surface area contributed by atoms with E-state index in [2.05, 4.69) is 22.5 Å². The molecule has 3 N–H and O–H groups in total. The van der Waals surface area contributed by atoms with Gasteiger partial charge in [-0.25, -0.2) is 0 Å². The van der Waals surface area contributed by atoms with Crippen molar-refractivity contribution in [2.75, 3.05) is 13.1 Å². The fourth-order valence-corrected chi connectivity index (χ4v) is 2.09. The van der Waals surface area contributed by atoms with E-state index in [-0.39, 0.29) is 36.6 Å². The first-order valence-electron chi connectivity index (χ1n) is 7.95. The van der Waals surface area contributed by atoms with E-state index in [1.807, 2.05) is 44.2 Å². The van der Waals surface area contributed by atoms with Crippen molar-refractivity contribution in [1.82, 2.24) is 16.0 Å². The Morgan fingerprint density at radius 1 is 1.08 bits per heavy atom. The largest absolute Gasteiger partial charge is 0.353 e. The first-order chi connectivity index (χ1) is 11.4. The summed E-state index contributed by atoms with van der Waals surface area (Å²) in [4.78, 5) is 35.4. The molecule has 1 aromatic carbocycles. The van der Waals surface area contributed by atoms with Gasteiger partial charge in [-0.3, -0.25) is 14.4 Å². The summed E-state index contributed by atoms with van der Waals surface area (Å²) in [6.07, 6.45) is 1.40. The minimum absolute atomic E-state index is 0.0486. The normalized spacial score (nSPS) is 11.5. The molecule has 0 heterocycles. The highest BCUT2D eigenvalue weighted by Gasteiger charge is 2.23. The SMILES string of the molecule is C=CC(=O)NCCNC(=O)[C@H](NC(=O)Cc1ccccc1)C(C)C. The molecule has 6 nitrogen and oxygen atoms in total. The molecule has 0 radical (unpaired) electrons. The Bertz CT molecular complexity index is 570. The summed E-state index contributed by atoms with van der Waals surface area (Å²) in [5.74, 6) is -0.803. The van der Waals surface area contributed by atoms with E-state index < -0.39 is 6.04 Å². The number of hydrogen-bond donors (Lipinski definition) is 3. The van der Waals surface area contributed by atoms with Crippen LogP contribution >= 0.6 is 0 Å². The van der Waals surface area contributed by atoms with E-state index in [1.54, 1.807) is 0 Å². The third-order valence-corrected chi connectivity index (χ3v) is 3.38. The molecule has 130 valence electrons. The molecular formula is C18H25N3O3. The van der Waals surface area contributed by atoms with Crippen LogP contribution in [0.5, 0.6) is 0 Å². The summed E-state index contributed by atoms with van der Waals surface area (Å²) in [6.45, 7) is 7.67. The molecule has 0 aliphatic heterocycles. The lowest BCUT2D eigenvalue weighted by atomic mass is 10.0. The summed E-state index contributed by atoms with van der Waals surface area (Å²) in [5, 5.41) is 8.05. The molecule has 24 heavy (non-hydrogen) atoms. The van der Waals surface area contributed by atoms with Gasteiger partial charge in [0.2, 0.25) is 17.7 Å². The second-order valence-electron chi connectivity index (χ2n) is 5.74. The van der Waals surface area contributed by atoms with E-state index in [0.717, 1.165) is 5.56 Å². The summed E-state index contributed by atoms with van der Waals surface area (Å²) in [6, 6.07) is 8.74. The lowest BCUT2D eigenvalue weighted by molar-refractivity contribution is -0.129. The Morgan fingerprint density at radius 2 is 1.71 bits per heavy atom. The monoisotopic (exact) mass is 331 g/mol. The van der Waals surface area contributed by atoms with Gasteiger partial charge >= 0.3 is 0 Å². The van der Waals surface area contributed by atoms with Gasteiger partial charge in [0.25, 0.3) is 0 Å². The molecule has 0 aromatic heterocycles. The topological polar surface area (TPSA) is 87.3 Å². The Kier molecular flexibility index (Phi) is 8.25. The molecule has 0 aliphatic carbocycles. The predicted octanol–water partition coefficient (Wildman–Crippen LogP) is 0.788. The van der Waals surface area contributed by atoms with Gasteiger partial charge in [-0.1, -0.05) is 50.8 Å². The quantitative estimate of drug-likeness (QED) is 0.462. The van der Waals surface area contributed by atoms with Crippen molar-refractivity contribution >= 4 is 17.7 Å². The summed E-state index contributed by atoms with van der Waals surface area (Å²) >= 11 is 0. The number of benzene rings is 1. The molecule has 0 unspecified atom stereocenters. The van der Waals surface area contributed by atoms with Gasteiger partial charge in [0.1, 0.15) is 6.04 Å². The molecule has 1 aromatic rings. The Hall–Kier alpha value is -2.63.